The number of imidazole rings is 1. The number of nitrogens with zero attached hydrogens (tertiary/aromatic N) is 7. The third-order valence-corrected chi connectivity index (χ3v) is 5.93. The van der Waals surface area contributed by atoms with E-state index in [1.54, 1.807) is 35.8 Å². The van der Waals surface area contributed by atoms with Crippen molar-refractivity contribution in [3.63, 3.8) is 0 Å². The van der Waals surface area contributed by atoms with Crippen LogP contribution in [0, 0.1) is 0 Å². The highest BCUT2D eigenvalue weighted by molar-refractivity contribution is 5.90. The summed E-state index contributed by atoms with van der Waals surface area (Å²) in [6.07, 6.45) is 6.42. The lowest BCUT2D eigenvalue weighted by atomic mass is 9.99. The summed E-state index contributed by atoms with van der Waals surface area (Å²) in [6, 6.07) is 11.2. The first-order valence-corrected chi connectivity index (χ1v) is 10.8. The van der Waals surface area contributed by atoms with Crippen LogP contribution in [0.3, 0.4) is 0 Å². The summed E-state index contributed by atoms with van der Waals surface area (Å²) in [6.45, 7) is 2.56. The molecule has 0 saturated heterocycles. The maximum atomic E-state index is 13.5. The minimum Gasteiger partial charge on any atom is -0.412 e. The summed E-state index contributed by atoms with van der Waals surface area (Å²) in [7, 11) is 0. The topological polar surface area (TPSA) is 118 Å². The summed E-state index contributed by atoms with van der Waals surface area (Å²) in [4.78, 5) is 27.0. The first kappa shape index (κ1) is 19.4. The summed E-state index contributed by atoms with van der Waals surface area (Å²) in [5.74, 6) is -0.180. The van der Waals surface area contributed by atoms with Crippen molar-refractivity contribution in [3.8, 4) is 11.5 Å². The smallest absolute Gasteiger partial charge is 0.312 e. The third kappa shape index (κ3) is 3.18. The Hall–Kier alpha value is -4.34. The van der Waals surface area contributed by atoms with Crippen molar-refractivity contribution in [2.75, 3.05) is 6.54 Å². The zero-order valence-electron chi connectivity index (χ0n) is 17.8. The van der Waals surface area contributed by atoms with Crippen molar-refractivity contribution in [2.45, 2.75) is 25.8 Å². The molecule has 1 amide bonds. The van der Waals surface area contributed by atoms with Crippen LogP contribution in [0.2, 0.25) is 0 Å². The van der Waals surface area contributed by atoms with Crippen molar-refractivity contribution in [3.05, 3.63) is 83.8 Å². The van der Waals surface area contributed by atoms with E-state index in [1.807, 2.05) is 28.8 Å². The number of aryl methyl sites for hydroxylation is 1. The number of carbonyl (C=O) groups excluding carboxylic acids is 1. The number of hydrogen-bond donors (Lipinski definition) is 1. The number of H-pyrrole nitrogens is 1. The van der Waals surface area contributed by atoms with Crippen molar-refractivity contribution in [2.24, 2.45) is 0 Å². The molecule has 0 aromatic carbocycles. The quantitative estimate of drug-likeness (QED) is 0.456. The third-order valence-electron chi connectivity index (χ3n) is 5.93. The van der Waals surface area contributed by atoms with Crippen LogP contribution in [0.5, 0.6) is 0 Å². The summed E-state index contributed by atoms with van der Waals surface area (Å²) < 4.78 is 7.65. The number of aromatic nitrogens is 7. The van der Waals surface area contributed by atoms with Crippen LogP contribution in [0.25, 0.3) is 17.0 Å². The standard InChI is InChI=1S/C23H20N8O2/c1-2-15-6-3-7-16-11-18(29-31(15)16)20-19-17(25-13-26-19)8-10-30(20)23(32)22-28-27-21(33-22)14-5-4-9-24-12-14/h3-7,9,11-13,20H,2,8,10H2,1H3,(H,25,26)/t20-/m1/s1. The van der Waals surface area contributed by atoms with E-state index in [0.717, 1.165) is 34.7 Å². The fourth-order valence-electron chi connectivity index (χ4n) is 4.33. The number of carbonyl (C=O) groups is 1. The van der Waals surface area contributed by atoms with E-state index in [9.17, 15) is 4.79 Å². The molecule has 0 fully saturated rings. The van der Waals surface area contributed by atoms with Crippen LogP contribution in [-0.4, -0.2) is 52.1 Å². The molecule has 10 nitrogen and oxygen atoms in total. The fourth-order valence-corrected chi connectivity index (χ4v) is 4.33. The minimum atomic E-state index is -0.467. The summed E-state index contributed by atoms with van der Waals surface area (Å²) in [5, 5.41) is 12.9. The van der Waals surface area contributed by atoms with Crippen molar-refractivity contribution < 1.29 is 9.21 Å². The first-order valence-electron chi connectivity index (χ1n) is 10.8. The number of amides is 1. The first-order chi connectivity index (χ1) is 16.2. The number of fused-ring (bicyclic) bond motifs is 2. The second-order valence-electron chi connectivity index (χ2n) is 7.85. The number of hydrogen-bond acceptors (Lipinski definition) is 7. The van der Waals surface area contributed by atoms with Crippen LogP contribution in [0.1, 0.15) is 46.4 Å². The predicted molar refractivity (Wildman–Crippen MR) is 117 cm³/mol. The van der Waals surface area contributed by atoms with Gasteiger partial charge in [-0.3, -0.25) is 9.78 Å². The van der Waals surface area contributed by atoms with Gasteiger partial charge in [0.2, 0.25) is 5.89 Å². The molecule has 6 rings (SSSR count). The lowest BCUT2D eigenvalue weighted by Crippen LogP contribution is -2.41. The summed E-state index contributed by atoms with van der Waals surface area (Å²) in [5.41, 5.74) is 5.23. The van der Waals surface area contributed by atoms with Gasteiger partial charge in [-0.1, -0.05) is 13.0 Å². The highest BCUT2D eigenvalue weighted by Gasteiger charge is 2.38. The molecule has 6 heterocycles. The molecule has 0 aliphatic carbocycles. The minimum absolute atomic E-state index is 0.0733. The van der Waals surface area contributed by atoms with Gasteiger partial charge < -0.3 is 14.3 Å². The molecule has 0 radical (unpaired) electrons. The normalized spacial score (nSPS) is 15.7. The van der Waals surface area contributed by atoms with E-state index in [2.05, 4.69) is 32.1 Å². The second-order valence-corrected chi connectivity index (χ2v) is 7.85. The molecular formula is C23H20N8O2. The van der Waals surface area contributed by atoms with Crippen molar-refractivity contribution >= 4 is 11.4 Å². The molecule has 5 aromatic rings. The average molecular weight is 440 g/mol. The molecule has 0 unspecified atom stereocenters. The van der Waals surface area contributed by atoms with Crippen LogP contribution >= 0.6 is 0 Å². The van der Waals surface area contributed by atoms with Gasteiger partial charge in [-0.2, -0.15) is 5.10 Å². The zero-order chi connectivity index (χ0) is 22.4. The number of aromatic amines is 1. The Morgan fingerprint density at radius 2 is 2.18 bits per heavy atom. The Labute approximate surface area is 188 Å². The highest BCUT2D eigenvalue weighted by Crippen LogP contribution is 2.34. The van der Waals surface area contributed by atoms with Gasteiger partial charge in [0.15, 0.2) is 0 Å². The monoisotopic (exact) mass is 440 g/mol. The van der Waals surface area contributed by atoms with Crippen LogP contribution < -0.4 is 0 Å². The van der Waals surface area contributed by atoms with E-state index in [-0.39, 0.29) is 17.7 Å². The van der Waals surface area contributed by atoms with E-state index in [4.69, 9.17) is 9.52 Å². The van der Waals surface area contributed by atoms with Crippen molar-refractivity contribution in [1.29, 1.82) is 0 Å². The maximum Gasteiger partial charge on any atom is 0.312 e. The van der Waals surface area contributed by atoms with E-state index in [0.29, 0.717) is 18.5 Å². The van der Waals surface area contributed by atoms with E-state index >= 15 is 0 Å². The molecule has 1 N–H and O–H groups in total. The van der Waals surface area contributed by atoms with Gasteiger partial charge >= 0.3 is 11.8 Å². The molecule has 1 aliphatic heterocycles. The molecule has 5 aromatic heterocycles. The van der Waals surface area contributed by atoms with Gasteiger partial charge in [-0.05, 0) is 36.8 Å². The predicted octanol–water partition coefficient (Wildman–Crippen LogP) is 2.85. The SMILES string of the molecule is CCc1cccc2cc([C@@H]3c4nc[nH]c4CCN3C(=O)c3nnc(-c4cccnc4)o3)nn12. The summed E-state index contributed by atoms with van der Waals surface area (Å²) >= 11 is 0. The molecule has 164 valence electrons. The largest absolute Gasteiger partial charge is 0.412 e. The average Bonchev–Trinajstić information content (AvgIpc) is 3.62. The van der Waals surface area contributed by atoms with Gasteiger partial charge in [-0.25, -0.2) is 9.50 Å². The zero-order valence-corrected chi connectivity index (χ0v) is 17.8. The maximum absolute atomic E-state index is 13.5. The Bertz CT molecular complexity index is 1450. The molecule has 0 spiro atoms. The van der Waals surface area contributed by atoms with Gasteiger partial charge in [0.1, 0.15) is 6.04 Å². The molecule has 0 saturated carbocycles. The Kier molecular flexibility index (Phi) is 4.49. The molecule has 33 heavy (non-hydrogen) atoms. The number of pyridine rings is 2. The Balaban J connectivity index is 1.41. The Morgan fingerprint density at radius 1 is 1.24 bits per heavy atom. The van der Waals surface area contributed by atoms with Gasteiger partial charge in [0.25, 0.3) is 0 Å². The number of nitrogens with one attached hydrogen (secondary N) is 1. The fraction of sp³-hybridized carbons (Fsp3) is 0.217. The lowest BCUT2D eigenvalue weighted by molar-refractivity contribution is 0.0646. The van der Waals surface area contributed by atoms with Crippen LogP contribution in [0.15, 0.2) is 59.5 Å². The van der Waals surface area contributed by atoms with E-state index in [1.165, 1.54) is 0 Å². The molecule has 1 atom stereocenters. The van der Waals surface area contributed by atoms with Crippen LogP contribution in [-0.2, 0) is 12.8 Å². The molecule has 0 bridgehead atoms. The number of rotatable bonds is 4. The Morgan fingerprint density at radius 3 is 3.03 bits per heavy atom. The lowest BCUT2D eigenvalue weighted by Gasteiger charge is -2.32. The van der Waals surface area contributed by atoms with Gasteiger partial charge in [0, 0.05) is 36.7 Å². The molecular weight excluding hydrogens is 420 g/mol. The molecule has 10 heteroatoms. The second kappa shape index (κ2) is 7.66. The highest BCUT2D eigenvalue weighted by atomic mass is 16.4. The molecule has 1 aliphatic rings. The van der Waals surface area contributed by atoms with Crippen molar-refractivity contribution in [1.82, 2.24) is 39.7 Å². The van der Waals surface area contributed by atoms with E-state index < -0.39 is 6.04 Å². The van der Waals surface area contributed by atoms with Gasteiger partial charge in [-0.15, -0.1) is 10.2 Å². The van der Waals surface area contributed by atoms with Crippen LogP contribution in [0.4, 0.5) is 0 Å². The van der Waals surface area contributed by atoms with Gasteiger partial charge in [0.05, 0.1) is 28.8 Å².